The molecule has 0 radical (unpaired) electrons. The molecule has 0 aromatic heterocycles. The minimum Gasteiger partial charge on any atom is -0.359 e. The highest BCUT2D eigenvalue weighted by atomic mass is 32.2. The van der Waals surface area contributed by atoms with E-state index in [1.165, 1.54) is 25.3 Å². The lowest BCUT2D eigenvalue weighted by Crippen LogP contribution is -1.98. The number of allylic oxidation sites excluding steroid dienone is 1. The van der Waals surface area contributed by atoms with Crippen molar-refractivity contribution in [2.45, 2.75) is 11.8 Å². The van der Waals surface area contributed by atoms with Crippen LogP contribution in [-0.4, -0.2) is 14.7 Å². The van der Waals surface area contributed by atoms with E-state index < -0.39 is 9.84 Å². The van der Waals surface area contributed by atoms with Crippen molar-refractivity contribution in [3.63, 3.8) is 0 Å². The van der Waals surface area contributed by atoms with E-state index in [9.17, 15) is 12.8 Å². The Balaban J connectivity index is 2.99. The van der Waals surface area contributed by atoms with Gasteiger partial charge in [0.1, 0.15) is 5.83 Å². The Bertz CT molecular complexity index is 476. The maximum Gasteiger partial charge on any atom is 0.175 e. The van der Waals surface area contributed by atoms with Crippen LogP contribution in [0.3, 0.4) is 0 Å². The number of halogens is 1. The van der Waals surface area contributed by atoms with Gasteiger partial charge in [-0.25, -0.2) is 12.8 Å². The Kier molecular flexibility index (Phi) is 3.47. The van der Waals surface area contributed by atoms with Crippen LogP contribution >= 0.6 is 0 Å². The van der Waals surface area contributed by atoms with Crippen molar-refractivity contribution in [3.8, 4) is 0 Å². The minimum atomic E-state index is -3.22. The van der Waals surface area contributed by atoms with Gasteiger partial charge in [-0.2, -0.15) is 0 Å². The molecule has 3 nitrogen and oxygen atoms in total. The number of anilines is 1. The smallest absolute Gasteiger partial charge is 0.175 e. The van der Waals surface area contributed by atoms with Crippen LogP contribution in [0.1, 0.15) is 6.92 Å². The van der Waals surface area contributed by atoms with Crippen LogP contribution in [-0.2, 0) is 9.84 Å². The van der Waals surface area contributed by atoms with Crippen LogP contribution in [0.4, 0.5) is 10.1 Å². The zero-order valence-corrected chi connectivity index (χ0v) is 9.31. The van der Waals surface area contributed by atoms with Gasteiger partial charge in [-0.05, 0) is 25.1 Å². The molecule has 0 saturated heterocycles. The highest BCUT2D eigenvalue weighted by Crippen LogP contribution is 2.15. The van der Waals surface area contributed by atoms with Crippen molar-refractivity contribution in [2.24, 2.45) is 0 Å². The van der Waals surface area contributed by atoms with Crippen LogP contribution in [0.2, 0.25) is 0 Å². The molecule has 0 bridgehead atoms. The van der Waals surface area contributed by atoms with Gasteiger partial charge in [0.05, 0.1) is 4.90 Å². The molecule has 0 aliphatic heterocycles. The van der Waals surface area contributed by atoms with Gasteiger partial charge in [0.15, 0.2) is 9.84 Å². The van der Waals surface area contributed by atoms with Crippen LogP contribution in [0, 0.1) is 0 Å². The Morgan fingerprint density at radius 2 is 2.13 bits per heavy atom. The van der Waals surface area contributed by atoms with Crippen LogP contribution in [0.5, 0.6) is 0 Å². The predicted molar refractivity (Wildman–Crippen MR) is 58.0 cm³/mol. The van der Waals surface area contributed by atoms with E-state index in [2.05, 4.69) is 5.32 Å². The number of nitrogens with one attached hydrogen (secondary N) is 1. The van der Waals surface area contributed by atoms with Crippen molar-refractivity contribution in [3.05, 3.63) is 36.3 Å². The maximum absolute atomic E-state index is 12.4. The van der Waals surface area contributed by atoms with E-state index in [1.54, 1.807) is 12.1 Å². The van der Waals surface area contributed by atoms with Gasteiger partial charge in [-0.1, -0.05) is 6.07 Å². The molecule has 1 aromatic carbocycles. The van der Waals surface area contributed by atoms with Crippen LogP contribution in [0.15, 0.2) is 41.2 Å². The van der Waals surface area contributed by atoms with E-state index in [0.29, 0.717) is 5.69 Å². The van der Waals surface area contributed by atoms with Crippen molar-refractivity contribution in [1.82, 2.24) is 0 Å². The van der Waals surface area contributed by atoms with Gasteiger partial charge in [0.2, 0.25) is 0 Å². The van der Waals surface area contributed by atoms with Crippen LogP contribution in [0.25, 0.3) is 0 Å². The molecule has 1 aromatic rings. The summed E-state index contributed by atoms with van der Waals surface area (Å²) in [6.07, 6.45) is 2.30. The molecule has 0 saturated carbocycles. The summed E-state index contributed by atoms with van der Waals surface area (Å²) in [6.45, 7) is 1.30. The quantitative estimate of drug-likeness (QED) is 0.865. The molecule has 0 fully saturated rings. The average molecular weight is 229 g/mol. The van der Waals surface area contributed by atoms with Gasteiger partial charge in [0.25, 0.3) is 0 Å². The molecule has 0 spiro atoms. The zero-order valence-electron chi connectivity index (χ0n) is 8.49. The molecule has 0 unspecified atom stereocenters. The molecule has 0 atom stereocenters. The Morgan fingerprint density at radius 1 is 1.47 bits per heavy atom. The molecule has 0 amide bonds. The highest BCUT2D eigenvalue weighted by Gasteiger charge is 2.06. The van der Waals surface area contributed by atoms with E-state index in [4.69, 9.17) is 0 Å². The second-order valence-electron chi connectivity index (χ2n) is 3.18. The maximum atomic E-state index is 12.4. The molecule has 0 aliphatic carbocycles. The van der Waals surface area contributed by atoms with E-state index in [0.717, 1.165) is 6.26 Å². The monoisotopic (exact) mass is 229 g/mol. The first-order valence-corrected chi connectivity index (χ1v) is 6.17. The molecule has 0 aliphatic rings. The fraction of sp³-hybridized carbons (Fsp3) is 0.200. The number of hydrogen-bond donors (Lipinski definition) is 1. The third-order valence-corrected chi connectivity index (χ3v) is 2.81. The predicted octanol–water partition coefficient (Wildman–Crippen LogP) is 2.33. The van der Waals surface area contributed by atoms with Crippen LogP contribution < -0.4 is 5.32 Å². The SMILES string of the molecule is CC(F)=CNc1cccc(S(C)(=O)=O)c1. The number of hydrogen-bond acceptors (Lipinski definition) is 3. The van der Waals surface area contributed by atoms with E-state index in [1.807, 2.05) is 0 Å². The summed E-state index contributed by atoms with van der Waals surface area (Å²) in [7, 11) is -3.22. The fourth-order valence-electron chi connectivity index (χ4n) is 0.999. The molecule has 0 heterocycles. The fourth-order valence-corrected chi connectivity index (χ4v) is 1.67. The van der Waals surface area contributed by atoms with Gasteiger partial charge < -0.3 is 5.32 Å². The largest absolute Gasteiger partial charge is 0.359 e. The highest BCUT2D eigenvalue weighted by molar-refractivity contribution is 7.90. The third-order valence-electron chi connectivity index (χ3n) is 1.70. The third kappa shape index (κ3) is 3.71. The summed E-state index contributed by atoms with van der Waals surface area (Å²) in [5.74, 6) is -0.375. The summed E-state index contributed by atoms with van der Waals surface area (Å²) in [5.41, 5.74) is 0.537. The average Bonchev–Trinajstić information content (AvgIpc) is 2.14. The normalized spacial score (nSPS) is 12.6. The molecular weight excluding hydrogens is 217 g/mol. The summed E-state index contributed by atoms with van der Waals surface area (Å²) in [4.78, 5) is 0.206. The number of sulfone groups is 1. The molecule has 15 heavy (non-hydrogen) atoms. The second kappa shape index (κ2) is 4.44. The van der Waals surface area contributed by atoms with E-state index in [-0.39, 0.29) is 10.7 Å². The summed E-state index contributed by atoms with van der Waals surface area (Å²) in [6, 6.07) is 6.20. The first-order chi connectivity index (χ1) is 6.89. The van der Waals surface area contributed by atoms with Gasteiger partial charge >= 0.3 is 0 Å². The zero-order chi connectivity index (χ0) is 11.5. The Labute approximate surface area is 88.5 Å². The molecule has 1 rings (SSSR count). The van der Waals surface area contributed by atoms with Gasteiger partial charge in [-0.15, -0.1) is 0 Å². The topological polar surface area (TPSA) is 46.2 Å². The summed E-state index contributed by atoms with van der Waals surface area (Å²) < 4.78 is 34.8. The first-order valence-electron chi connectivity index (χ1n) is 4.28. The minimum absolute atomic E-state index is 0.206. The Hall–Kier alpha value is -1.36. The standard InChI is InChI=1S/C10H12FNO2S/c1-8(11)7-12-9-4-3-5-10(6-9)15(2,13)14/h3-7,12H,1-2H3. The first kappa shape index (κ1) is 11.7. The van der Waals surface area contributed by atoms with Gasteiger partial charge in [0, 0.05) is 18.1 Å². The lowest BCUT2D eigenvalue weighted by Gasteiger charge is -2.03. The van der Waals surface area contributed by atoms with Gasteiger partial charge in [-0.3, -0.25) is 0 Å². The second-order valence-corrected chi connectivity index (χ2v) is 5.19. The molecule has 82 valence electrons. The number of rotatable bonds is 3. The summed E-state index contributed by atoms with van der Waals surface area (Å²) in [5, 5.41) is 2.66. The van der Waals surface area contributed by atoms with Crippen molar-refractivity contribution in [2.75, 3.05) is 11.6 Å². The molecular formula is C10H12FNO2S. The number of benzene rings is 1. The van der Waals surface area contributed by atoms with Crippen molar-refractivity contribution >= 4 is 15.5 Å². The molecule has 1 N–H and O–H groups in total. The lowest BCUT2D eigenvalue weighted by atomic mass is 10.3. The van der Waals surface area contributed by atoms with Crippen molar-refractivity contribution in [1.29, 1.82) is 0 Å². The summed E-state index contributed by atoms with van der Waals surface area (Å²) >= 11 is 0. The van der Waals surface area contributed by atoms with Crippen molar-refractivity contribution < 1.29 is 12.8 Å². The Morgan fingerprint density at radius 3 is 2.67 bits per heavy atom. The lowest BCUT2D eigenvalue weighted by molar-refractivity contribution is 0.602. The van der Waals surface area contributed by atoms with E-state index >= 15 is 0 Å². The molecule has 5 heteroatoms.